The van der Waals surface area contributed by atoms with Gasteiger partial charge in [0.1, 0.15) is 17.2 Å². The molecule has 2 aromatic heterocycles. The van der Waals surface area contributed by atoms with Gasteiger partial charge in [-0.25, -0.2) is 4.98 Å². The minimum atomic E-state index is -4.64. The average Bonchev–Trinajstić information content (AvgIpc) is 3.14. The van der Waals surface area contributed by atoms with Crippen molar-refractivity contribution in [3.05, 3.63) is 101 Å². The number of carbonyl (C=O) groups is 2. The second-order valence-corrected chi connectivity index (χ2v) is 9.76. The normalized spacial score (nSPS) is 14.9. The number of halogens is 3. The Morgan fingerprint density at radius 1 is 1.15 bits per heavy atom. The monoisotopic (exact) mass is 564 g/mol. The lowest BCUT2D eigenvalue weighted by atomic mass is 10.1. The third-order valence-electron chi connectivity index (χ3n) is 6.66. The minimum Gasteiger partial charge on any atom is -0.459 e. The number of nitrogens with zero attached hydrogens (tertiary/aromatic N) is 2. The van der Waals surface area contributed by atoms with Crippen LogP contribution in [0.1, 0.15) is 28.0 Å². The Hall–Kier alpha value is -4.44. The topological polar surface area (TPSA) is 87.5 Å². The lowest BCUT2D eigenvalue weighted by Gasteiger charge is -2.15. The van der Waals surface area contributed by atoms with Crippen LogP contribution in [0.2, 0.25) is 0 Å². The number of fused-ring (bicyclic) bond motifs is 2. The van der Waals surface area contributed by atoms with Crippen molar-refractivity contribution in [1.82, 2.24) is 15.2 Å². The zero-order valence-electron chi connectivity index (χ0n) is 22.7. The maximum absolute atomic E-state index is 12.8. The number of aryl methyl sites for hydroxylation is 1. The number of amides is 1. The van der Waals surface area contributed by atoms with E-state index in [9.17, 15) is 18.0 Å². The number of aldehydes is 1. The third-order valence-corrected chi connectivity index (χ3v) is 6.66. The molecule has 1 aliphatic heterocycles. The van der Waals surface area contributed by atoms with Crippen LogP contribution >= 0.6 is 0 Å². The molecule has 2 aromatic carbocycles. The highest BCUT2D eigenvalue weighted by Crippen LogP contribution is 2.26. The van der Waals surface area contributed by atoms with E-state index < -0.39 is 12.5 Å². The van der Waals surface area contributed by atoms with Gasteiger partial charge in [-0.1, -0.05) is 48.5 Å². The summed E-state index contributed by atoms with van der Waals surface area (Å²) in [6.07, 6.45) is 0.477. The van der Waals surface area contributed by atoms with E-state index in [2.05, 4.69) is 45.9 Å². The van der Waals surface area contributed by atoms with E-state index in [-0.39, 0.29) is 5.91 Å². The van der Waals surface area contributed by atoms with Crippen molar-refractivity contribution < 1.29 is 27.2 Å². The molecule has 0 fully saturated rings. The second-order valence-electron chi connectivity index (χ2n) is 9.76. The van der Waals surface area contributed by atoms with Crippen LogP contribution in [-0.2, 0) is 29.1 Å². The van der Waals surface area contributed by atoms with Gasteiger partial charge >= 0.3 is 6.18 Å². The van der Waals surface area contributed by atoms with E-state index >= 15 is 0 Å². The SMILES string of the molecule is Cc1c(CN(C)C(=O)/C=C/c2cnc3c(c2)CN[C@@H](Cc2ccccc2)CN3)oc2ccccc12.O=CC(F)(F)F. The molecule has 5 rings (SSSR count). The molecule has 3 heterocycles. The fraction of sp³-hybridized carbons (Fsp3) is 0.258. The number of rotatable bonds is 6. The fourth-order valence-corrected chi connectivity index (χ4v) is 4.47. The molecule has 2 N–H and O–H groups in total. The van der Waals surface area contributed by atoms with Crippen molar-refractivity contribution in [3.8, 4) is 0 Å². The average molecular weight is 565 g/mol. The molecular formula is C31H31F3N4O3. The molecule has 41 heavy (non-hydrogen) atoms. The Kier molecular flexibility index (Phi) is 9.57. The number of carbonyl (C=O) groups excluding carboxylic acids is 2. The van der Waals surface area contributed by atoms with E-state index in [4.69, 9.17) is 9.21 Å². The zero-order valence-corrected chi connectivity index (χ0v) is 22.7. The van der Waals surface area contributed by atoms with Crippen LogP contribution in [0.4, 0.5) is 19.0 Å². The molecule has 0 unspecified atom stereocenters. The first-order valence-electron chi connectivity index (χ1n) is 13.1. The van der Waals surface area contributed by atoms with Gasteiger partial charge < -0.3 is 20.0 Å². The van der Waals surface area contributed by atoms with Gasteiger partial charge in [0.2, 0.25) is 12.2 Å². The van der Waals surface area contributed by atoms with Gasteiger partial charge in [0.05, 0.1) is 6.54 Å². The van der Waals surface area contributed by atoms with E-state index in [0.717, 1.165) is 58.7 Å². The van der Waals surface area contributed by atoms with Crippen LogP contribution in [-0.4, -0.2) is 47.9 Å². The summed E-state index contributed by atoms with van der Waals surface area (Å²) in [5, 5.41) is 8.18. The van der Waals surface area contributed by atoms with E-state index in [1.165, 1.54) is 5.56 Å². The van der Waals surface area contributed by atoms with Crippen molar-refractivity contribution in [2.45, 2.75) is 38.7 Å². The number of hydrogen-bond donors (Lipinski definition) is 2. The predicted molar refractivity (Wildman–Crippen MR) is 152 cm³/mol. The number of aromatic nitrogens is 1. The van der Waals surface area contributed by atoms with Crippen molar-refractivity contribution in [3.63, 3.8) is 0 Å². The summed E-state index contributed by atoms with van der Waals surface area (Å²) in [6, 6.07) is 20.9. The van der Waals surface area contributed by atoms with E-state index in [0.29, 0.717) is 12.6 Å². The number of nitrogens with one attached hydrogen (secondary N) is 2. The van der Waals surface area contributed by atoms with Crippen LogP contribution < -0.4 is 10.6 Å². The molecule has 10 heteroatoms. The Balaban J connectivity index is 0.000000585. The number of hydrogen-bond acceptors (Lipinski definition) is 6. The quantitative estimate of drug-likeness (QED) is 0.231. The Labute approximate surface area is 236 Å². The number of pyridine rings is 1. The molecule has 0 saturated heterocycles. The second kappa shape index (κ2) is 13.3. The van der Waals surface area contributed by atoms with Gasteiger partial charge in [-0.15, -0.1) is 0 Å². The maximum atomic E-state index is 12.8. The zero-order chi connectivity index (χ0) is 29.4. The Morgan fingerprint density at radius 2 is 1.85 bits per heavy atom. The number of benzene rings is 2. The summed E-state index contributed by atoms with van der Waals surface area (Å²) in [5.74, 6) is 1.62. The van der Waals surface area contributed by atoms with Crippen LogP contribution in [0, 0.1) is 6.92 Å². The smallest absolute Gasteiger partial charge is 0.446 e. The van der Waals surface area contributed by atoms with Gasteiger partial charge in [-0.3, -0.25) is 9.59 Å². The first kappa shape index (κ1) is 29.5. The standard InChI is InChI=1S/C29H30N4O2.C2HF3O/c1-20-25-10-6-7-11-26(25)35-27(20)19-33(2)28(34)13-12-22-14-23-17-30-24(18-32-29(23)31-16-22)15-21-8-4-3-5-9-21;3-2(4,5)1-6/h3-14,16,24,30H,15,17-19H2,1-2H3,(H,31,32);1H/b13-12+;/t24-;/m0./s1. The highest BCUT2D eigenvalue weighted by Gasteiger charge is 2.25. The Morgan fingerprint density at radius 3 is 2.56 bits per heavy atom. The predicted octanol–water partition coefficient (Wildman–Crippen LogP) is 5.68. The summed E-state index contributed by atoms with van der Waals surface area (Å²) in [6.45, 7) is 3.99. The molecule has 1 aliphatic rings. The highest BCUT2D eigenvalue weighted by molar-refractivity contribution is 5.91. The number of likely N-dealkylation sites (N-methyl/N-ethyl adjacent to an activating group) is 1. The summed E-state index contributed by atoms with van der Waals surface area (Å²) < 4.78 is 37.2. The van der Waals surface area contributed by atoms with Crippen molar-refractivity contribution in [2.75, 3.05) is 18.9 Å². The Bertz CT molecular complexity index is 1520. The molecule has 214 valence electrons. The molecule has 0 spiro atoms. The molecule has 0 bridgehead atoms. The van der Waals surface area contributed by atoms with Crippen LogP contribution in [0.25, 0.3) is 17.0 Å². The molecular weight excluding hydrogens is 533 g/mol. The van der Waals surface area contributed by atoms with Gasteiger partial charge in [0, 0.05) is 55.0 Å². The van der Waals surface area contributed by atoms with Crippen LogP contribution in [0.3, 0.4) is 0 Å². The van der Waals surface area contributed by atoms with Crippen LogP contribution in [0.15, 0.2) is 77.4 Å². The lowest BCUT2D eigenvalue weighted by molar-refractivity contribution is -0.156. The lowest BCUT2D eigenvalue weighted by Crippen LogP contribution is -2.34. The number of para-hydroxylation sites is 1. The van der Waals surface area contributed by atoms with Crippen LogP contribution in [0.5, 0.6) is 0 Å². The van der Waals surface area contributed by atoms with Crippen molar-refractivity contribution >= 4 is 35.1 Å². The van der Waals surface area contributed by atoms with Gasteiger partial charge in [0.15, 0.2) is 0 Å². The molecule has 0 radical (unpaired) electrons. The molecule has 1 amide bonds. The fourth-order valence-electron chi connectivity index (χ4n) is 4.47. The highest BCUT2D eigenvalue weighted by atomic mass is 19.4. The van der Waals surface area contributed by atoms with Gasteiger partial charge in [-0.2, -0.15) is 13.2 Å². The largest absolute Gasteiger partial charge is 0.459 e. The third kappa shape index (κ3) is 8.28. The molecule has 7 nitrogen and oxygen atoms in total. The maximum Gasteiger partial charge on any atom is 0.446 e. The van der Waals surface area contributed by atoms with Crippen molar-refractivity contribution in [1.29, 1.82) is 0 Å². The summed E-state index contributed by atoms with van der Waals surface area (Å²) in [7, 11) is 1.79. The molecule has 0 aliphatic carbocycles. The summed E-state index contributed by atoms with van der Waals surface area (Å²) >= 11 is 0. The minimum absolute atomic E-state index is 0.0843. The first-order valence-corrected chi connectivity index (χ1v) is 13.1. The van der Waals surface area contributed by atoms with E-state index in [1.54, 1.807) is 24.2 Å². The number of alkyl halides is 3. The molecule has 4 aromatic rings. The summed E-state index contributed by atoms with van der Waals surface area (Å²) in [4.78, 5) is 27.7. The van der Waals surface area contributed by atoms with Gasteiger partial charge in [-0.05, 0) is 42.7 Å². The van der Waals surface area contributed by atoms with Crippen molar-refractivity contribution in [2.24, 2.45) is 0 Å². The summed E-state index contributed by atoms with van der Waals surface area (Å²) in [5.41, 5.74) is 5.23. The first-order chi connectivity index (χ1) is 19.6. The van der Waals surface area contributed by atoms with Gasteiger partial charge in [0.25, 0.3) is 0 Å². The van der Waals surface area contributed by atoms with E-state index in [1.807, 2.05) is 43.3 Å². The molecule has 0 saturated carbocycles. The molecule has 1 atom stereocenters. The number of furan rings is 1. The number of anilines is 1.